The molecular weight excluding hydrogens is 168 g/mol. The number of hydrogen-bond acceptors (Lipinski definition) is 3. The minimum absolute atomic E-state index is 1.17. The molecule has 0 unspecified atom stereocenters. The Hall–Kier alpha value is -0.670. The van der Waals surface area contributed by atoms with Crippen LogP contribution in [0, 0.1) is 0 Å². The Bertz CT molecular complexity index is 159. The van der Waals surface area contributed by atoms with E-state index >= 15 is 0 Å². The molecule has 0 aliphatic carbocycles. The summed E-state index contributed by atoms with van der Waals surface area (Å²) in [4.78, 5) is 0. The Labute approximate surface area is 77.8 Å². The first-order chi connectivity index (χ1) is 6.00. The van der Waals surface area contributed by atoms with E-state index in [1.807, 2.05) is 48.5 Å². The summed E-state index contributed by atoms with van der Waals surface area (Å²) in [6, 6.07) is 0. The molecule has 1 saturated heterocycles. The van der Waals surface area contributed by atoms with Crippen molar-refractivity contribution in [3.8, 4) is 0 Å². The monoisotopic (exact) mass is 182 g/mol. The van der Waals surface area contributed by atoms with Gasteiger partial charge in [-0.25, -0.2) is 0 Å². The van der Waals surface area contributed by atoms with Crippen molar-refractivity contribution in [1.29, 1.82) is 0 Å². The highest BCUT2D eigenvalue weighted by Crippen LogP contribution is 1.99. The van der Waals surface area contributed by atoms with Crippen LogP contribution in [0.3, 0.4) is 0 Å². The van der Waals surface area contributed by atoms with Gasteiger partial charge in [0.15, 0.2) is 0 Å². The second kappa shape index (κ2) is 7.00. The largest absolute Gasteiger partial charge is 0.368 e. The fourth-order valence-electron chi connectivity index (χ4n) is 0.767. The molecule has 0 aromatic carbocycles. The van der Waals surface area contributed by atoms with E-state index in [0.717, 1.165) is 0 Å². The number of thioether (sulfide) groups is 1. The highest BCUT2D eigenvalue weighted by atomic mass is 32.2. The number of nitrogens with one attached hydrogen (secondary N) is 2. The van der Waals surface area contributed by atoms with Crippen molar-refractivity contribution < 1.29 is 0 Å². The summed E-state index contributed by atoms with van der Waals surface area (Å²) < 4.78 is 0. The molecule has 0 bridgehead atoms. The molecule has 0 radical (unpaired) electrons. The molecule has 2 heterocycles. The van der Waals surface area contributed by atoms with E-state index in [2.05, 4.69) is 10.6 Å². The lowest BCUT2D eigenvalue weighted by molar-refractivity contribution is 0.885. The van der Waals surface area contributed by atoms with Gasteiger partial charge in [-0.05, 0) is 12.2 Å². The van der Waals surface area contributed by atoms with Gasteiger partial charge in [-0.3, -0.25) is 0 Å². The van der Waals surface area contributed by atoms with Crippen LogP contribution in [0.2, 0.25) is 0 Å². The Morgan fingerprint density at radius 1 is 1.00 bits per heavy atom. The average Bonchev–Trinajstić information content (AvgIpc) is 2.54. The zero-order chi connectivity index (χ0) is 8.49. The van der Waals surface area contributed by atoms with Crippen molar-refractivity contribution in [3.63, 3.8) is 0 Å². The van der Waals surface area contributed by atoms with Crippen molar-refractivity contribution in [1.82, 2.24) is 10.6 Å². The molecule has 3 heteroatoms. The Kier molecular flexibility index (Phi) is 5.50. The zero-order valence-electron chi connectivity index (χ0n) is 6.99. The minimum atomic E-state index is 1.17. The third kappa shape index (κ3) is 5.04. The first-order valence-electron chi connectivity index (χ1n) is 4.03. The number of allylic oxidation sites excluding steroid dienone is 4. The molecule has 12 heavy (non-hydrogen) atoms. The van der Waals surface area contributed by atoms with Crippen LogP contribution < -0.4 is 10.6 Å². The maximum Gasteiger partial charge on any atom is 0.0418 e. The number of hydrogen-bond donors (Lipinski definition) is 2. The Morgan fingerprint density at radius 3 is 2.17 bits per heavy atom. The highest BCUT2D eigenvalue weighted by Gasteiger charge is 1.93. The maximum absolute atomic E-state index is 3.19. The third-order valence-corrected chi connectivity index (χ3v) is 2.25. The molecule has 2 aliphatic rings. The van der Waals surface area contributed by atoms with E-state index in [-0.39, 0.29) is 0 Å². The Balaban J connectivity index is 0.000000127. The summed E-state index contributed by atoms with van der Waals surface area (Å²) >= 11 is 1.96. The van der Waals surface area contributed by atoms with Crippen LogP contribution >= 0.6 is 11.8 Å². The van der Waals surface area contributed by atoms with Gasteiger partial charge in [-0.15, -0.1) is 11.8 Å². The van der Waals surface area contributed by atoms with E-state index < -0.39 is 0 Å². The molecule has 2 nitrogen and oxygen atoms in total. The van der Waals surface area contributed by atoms with Gasteiger partial charge < -0.3 is 10.6 Å². The van der Waals surface area contributed by atoms with Crippen LogP contribution in [0.25, 0.3) is 0 Å². The summed E-state index contributed by atoms with van der Waals surface area (Å²) in [5, 5.41) is 6.11. The van der Waals surface area contributed by atoms with Gasteiger partial charge in [-0.1, -0.05) is 12.2 Å². The van der Waals surface area contributed by atoms with E-state index in [9.17, 15) is 0 Å². The lowest BCUT2D eigenvalue weighted by Gasteiger charge is -1.79. The predicted octanol–water partition coefficient (Wildman–Crippen LogP) is 1.45. The van der Waals surface area contributed by atoms with Crippen molar-refractivity contribution in [2.24, 2.45) is 0 Å². The van der Waals surface area contributed by atoms with Crippen LogP contribution in [0.15, 0.2) is 36.7 Å². The van der Waals surface area contributed by atoms with Crippen molar-refractivity contribution in [3.05, 3.63) is 36.7 Å². The molecule has 66 valence electrons. The van der Waals surface area contributed by atoms with Crippen LogP contribution in [-0.4, -0.2) is 18.2 Å². The van der Waals surface area contributed by atoms with E-state index in [0.29, 0.717) is 0 Å². The van der Waals surface area contributed by atoms with E-state index in [4.69, 9.17) is 0 Å². The van der Waals surface area contributed by atoms with Crippen molar-refractivity contribution in [2.75, 3.05) is 18.2 Å². The van der Waals surface area contributed by atoms with Gasteiger partial charge in [0.1, 0.15) is 0 Å². The summed E-state index contributed by atoms with van der Waals surface area (Å²) in [7, 11) is 0. The molecule has 2 aliphatic heterocycles. The summed E-state index contributed by atoms with van der Waals surface area (Å²) in [5.41, 5.74) is 0. The molecule has 2 N–H and O–H groups in total. The van der Waals surface area contributed by atoms with Gasteiger partial charge in [-0.2, -0.15) is 0 Å². The van der Waals surface area contributed by atoms with Gasteiger partial charge in [0.05, 0.1) is 0 Å². The van der Waals surface area contributed by atoms with Gasteiger partial charge in [0, 0.05) is 30.6 Å². The van der Waals surface area contributed by atoms with Crippen LogP contribution in [-0.2, 0) is 0 Å². The summed E-state index contributed by atoms with van der Waals surface area (Å²) in [6.45, 7) is 1.21. The predicted molar refractivity (Wildman–Crippen MR) is 55.9 cm³/mol. The van der Waals surface area contributed by atoms with Crippen molar-refractivity contribution in [2.45, 2.75) is 0 Å². The Morgan fingerprint density at radius 2 is 1.75 bits per heavy atom. The van der Waals surface area contributed by atoms with Crippen LogP contribution in [0.1, 0.15) is 0 Å². The smallest absolute Gasteiger partial charge is 0.0418 e. The maximum atomic E-state index is 3.19. The summed E-state index contributed by atoms with van der Waals surface area (Å²) in [6.07, 6.45) is 11.6. The average molecular weight is 182 g/mol. The van der Waals surface area contributed by atoms with E-state index in [1.165, 1.54) is 18.2 Å². The molecule has 1 fully saturated rings. The molecule has 0 atom stereocenters. The van der Waals surface area contributed by atoms with Crippen LogP contribution in [0.4, 0.5) is 0 Å². The van der Waals surface area contributed by atoms with Gasteiger partial charge >= 0.3 is 0 Å². The fourth-order valence-corrected chi connectivity index (χ4v) is 1.49. The van der Waals surface area contributed by atoms with Gasteiger partial charge in [0.2, 0.25) is 0 Å². The van der Waals surface area contributed by atoms with Crippen molar-refractivity contribution >= 4 is 11.8 Å². The fraction of sp³-hybridized carbons (Fsp3) is 0.333. The molecule has 0 amide bonds. The topological polar surface area (TPSA) is 24.1 Å². The molecule has 0 spiro atoms. The number of rotatable bonds is 0. The minimum Gasteiger partial charge on any atom is -0.368 e. The molecule has 0 saturated carbocycles. The quantitative estimate of drug-likeness (QED) is 0.593. The SMILES string of the molecule is C1=CC=CNC=C1.C1CSCN1. The van der Waals surface area contributed by atoms with E-state index in [1.54, 1.807) is 0 Å². The summed E-state index contributed by atoms with van der Waals surface area (Å²) in [5.74, 6) is 2.47. The zero-order valence-corrected chi connectivity index (χ0v) is 7.81. The standard InChI is InChI=1S/C6H7N.C3H7NS/c1-2-4-6-7-5-3-1;1-2-5-3-4-1/h1-7H;4H,1-3H2. The first kappa shape index (κ1) is 9.42. The molecule has 2 rings (SSSR count). The van der Waals surface area contributed by atoms with Crippen LogP contribution in [0.5, 0.6) is 0 Å². The first-order valence-corrected chi connectivity index (χ1v) is 5.18. The van der Waals surface area contributed by atoms with Gasteiger partial charge in [0.25, 0.3) is 0 Å². The molecular formula is C9H14N2S. The second-order valence-electron chi connectivity index (χ2n) is 2.32. The normalized spacial score (nSPS) is 19.3. The second-order valence-corrected chi connectivity index (χ2v) is 3.43. The lowest BCUT2D eigenvalue weighted by atomic mass is 10.5. The third-order valence-electron chi connectivity index (χ3n) is 1.35. The molecule has 0 aromatic rings. The highest BCUT2D eigenvalue weighted by molar-refractivity contribution is 7.99. The molecule has 0 aromatic heterocycles. The lowest BCUT2D eigenvalue weighted by Crippen LogP contribution is -2.04.